The van der Waals surface area contributed by atoms with Crippen LogP contribution in [0, 0.1) is 10.1 Å². The first-order valence-corrected chi connectivity index (χ1v) is 9.46. The number of nitro groups is 1. The molecule has 0 saturated heterocycles. The van der Waals surface area contributed by atoms with E-state index in [0.717, 1.165) is 20.8 Å². The van der Waals surface area contributed by atoms with E-state index in [0.29, 0.717) is 19.5 Å². The van der Waals surface area contributed by atoms with Crippen LogP contribution >= 0.6 is 27.7 Å². The second-order valence-corrected chi connectivity index (χ2v) is 7.22. The van der Waals surface area contributed by atoms with Crippen molar-refractivity contribution in [3.63, 3.8) is 0 Å². The molecule has 1 amide bonds. The third kappa shape index (κ3) is 7.15. The lowest BCUT2D eigenvalue weighted by Crippen LogP contribution is -2.28. The molecule has 2 aromatic rings. The zero-order valence-corrected chi connectivity index (χ0v) is 15.8. The van der Waals surface area contributed by atoms with Gasteiger partial charge in [-0.2, -0.15) is 0 Å². The van der Waals surface area contributed by atoms with Crippen LogP contribution in [0.25, 0.3) is 0 Å². The normalized spacial score (nSPS) is 10.3. The first-order chi connectivity index (χ1) is 12.0. The number of carbonyl (C=O) groups is 1. The number of halogens is 1. The Morgan fingerprint density at radius 3 is 2.40 bits per heavy atom. The topological polar surface area (TPSA) is 84.3 Å². The van der Waals surface area contributed by atoms with Crippen molar-refractivity contribution in [2.45, 2.75) is 11.3 Å². The average molecular weight is 424 g/mol. The molecule has 2 N–H and O–H groups in total. The second kappa shape index (κ2) is 10.0. The number of hydrogen-bond donors (Lipinski definition) is 2. The molecule has 2 rings (SSSR count). The SMILES string of the molecule is O=C(CCSc1ccc(Br)cc1)NCCNc1ccc([N+](=O)[O-])cc1. The molecule has 0 unspecified atom stereocenters. The summed E-state index contributed by atoms with van der Waals surface area (Å²) in [6.07, 6.45) is 0.457. The maximum atomic E-state index is 11.8. The number of rotatable bonds is 9. The number of hydrogen-bond acceptors (Lipinski definition) is 5. The lowest BCUT2D eigenvalue weighted by atomic mass is 10.3. The first kappa shape index (κ1) is 19.3. The van der Waals surface area contributed by atoms with E-state index in [1.54, 1.807) is 23.9 Å². The zero-order valence-electron chi connectivity index (χ0n) is 13.4. The standard InChI is InChI=1S/C17H18BrN3O3S/c18-13-1-7-16(8-2-13)25-12-9-17(22)20-11-10-19-14-3-5-15(6-4-14)21(23)24/h1-8,19H,9-12H2,(H,20,22). The molecule has 0 spiro atoms. The molecule has 0 bridgehead atoms. The van der Waals surface area contributed by atoms with Crippen molar-refractivity contribution in [1.82, 2.24) is 5.32 Å². The summed E-state index contributed by atoms with van der Waals surface area (Å²) in [5, 5.41) is 16.5. The van der Waals surface area contributed by atoms with Crippen molar-refractivity contribution in [2.75, 3.05) is 24.2 Å². The van der Waals surface area contributed by atoms with Gasteiger partial charge in [-0.1, -0.05) is 15.9 Å². The number of amides is 1. The maximum absolute atomic E-state index is 11.8. The Morgan fingerprint density at radius 1 is 1.08 bits per heavy atom. The monoisotopic (exact) mass is 423 g/mol. The number of non-ortho nitro benzene ring substituents is 1. The van der Waals surface area contributed by atoms with Crippen LogP contribution < -0.4 is 10.6 Å². The number of nitrogens with one attached hydrogen (secondary N) is 2. The number of nitrogens with zero attached hydrogens (tertiary/aromatic N) is 1. The molecule has 0 atom stereocenters. The highest BCUT2D eigenvalue weighted by Crippen LogP contribution is 2.21. The van der Waals surface area contributed by atoms with Crippen LogP contribution in [0.3, 0.4) is 0 Å². The highest BCUT2D eigenvalue weighted by atomic mass is 79.9. The Hall–Kier alpha value is -2.06. The van der Waals surface area contributed by atoms with E-state index in [9.17, 15) is 14.9 Å². The predicted molar refractivity (Wildman–Crippen MR) is 104 cm³/mol. The number of nitro benzene ring substituents is 1. The van der Waals surface area contributed by atoms with E-state index in [-0.39, 0.29) is 11.6 Å². The molecule has 132 valence electrons. The highest BCUT2D eigenvalue weighted by molar-refractivity contribution is 9.10. The van der Waals surface area contributed by atoms with Gasteiger partial charge in [-0.3, -0.25) is 14.9 Å². The summed E-state index contributed by atoms with van der Waals surface area (Å²) in [5.74, 6) is 0.735. The van der Waals surface area contributed by atoms with Crippen LogP contribution in [-0.4, -0.2) is 29.7 Å². The molecular weight excluding hydrogens is 406 g/mol. The number of thioether (sulfide) groups is 1. The largest absolute Gasteiger partial charge is 0.383 e. The van der Waals surface area contributed by atoms with Crippen molar-refractivity contribution in [3.05, 3.63) is 63.1 Å². The highest BCUT2D eigenvalue weighted by Gasteiger charge is 2.04. The van der Waals surface area contributed by atoms with Gasteiger partial charge in [0, 0.05) is 52.5 Å². The first-order valence-electron chi connectivity index (χ1n) is 7.68. The fourth-order valence-corrected chi connectivity index (χ4v) is 3.11. The van der Waals surface area contributed by atoms with Gasteiger partial charge in [0.2, 0.25) is 5.91 Å². The predicted octanol–water partition coefficient (Wildman–Crippen LogP) is 4.07. The minimum atomic E-state index is -0.434. The van der Waals surface area contributed by atoms with Crippen molar-refractivity contribution in [3.8, 4) is 0 Å². The molecule has 0 aliphatic heterocycles. The van der Waals surface area contributed by atoms with Crippen LogP contribution in [0.1, 0.15) is 6.42 Å². The molecule has 0 saturated carbocycles. The Labute approximate surface area is 158 Å². The van der Waals surface area contributed by atoms with Gasteiger partial charge in [0.1, 0.15) is 0 Å². The fourth-order valence-electron chi connectivity index (χ4n) is 1.99. The van der Waals surface area contributed by atoms with Gasteiger partial charge in [0.15, 0.2) is 0 Å². The molecule has 0 fully saturated rings. The summed E-state index contributed by atoms with van der Waals surface area (Å²) in [4.78, 5) is 23.1. The van der Waals surface area contributed by atoms with Crippen LogP contribution in [0.15, 0.2) is 57.9 Å². The molecule has 0 aliphatic rings. The number of carbonyl (C=O) groups excluding carboxylic acids is 1. The van der Waals surface area contributed by atoms with E-state index in [1.807, 2.05) is 24.3 Å². The van der Waals surface area contributed by atoms with Crippen molar-refractivity contribution in [1.29, 1.82) is 0 Å². The Balaban J connectivity index is 1.58. The van der Waals surface area contributed by atoms with Crippen LogP contribution in [-0.2, 0) is 4.79 Å². The smallest absolute Gasteiger partial charge is 0.269 e. The second-order valence-electron chi connectivity index (χ2n) is 5.13. The summed E-state index contributed by atoms with van der Waals surface area (Å²) < 4.78 is 1.04. The third-order valence-corrected chi connectivity index (χ3v) is 4.81. The van der Waals surface area contributed by atoms with E-state index >= 15 is 0 Å². The molecule has 0 radical (unpaired) electrons. The quantitative estimate of drug-likeness (QED) is 0.274. The third-order valence-electron chi connectivity index (χ3n) is 3.27. The Morgan fingerprint density at radius 2 is 1.76 bits per heavy atom. The van der Waals surface area contributed by atoms with Crippen LogP contribution in [0.4, 0.5) is 11.4 Å². The van der Waals surface area contributed by atoms with Gasteiger partial charge in [-0.25, -0.2) is 0 Å². The lowest BCUT2D eigenvalue weighted by molar-refractivity contribution is -0.384. The van der Waals surface area contributed by atoms with Crippen LogP contribution in [0.2, 0.25) is 0 Å². The molecule has 8 heteroatoms. The van der Waals surface area contributed by atoms with E-state index in [2.05, 4.69) is 26.6 Å². The molecule has 0 heterocycles. The molecule has 2 aromatic carbocycles. The van der Waals surface area contributed by atoms with E-state index in [4.69, 9.17) is 0 Å². The molecule has 0 aliphatic carbocycles. The van der Waals surface area contributed by atoms with Crippen molar-refractivity contribution >= 4 is 45.0 Å². The Bertz CT molecular complexity index is 708. The van der Waals surface area contributed by atoms with Gasteiger partial charge in [0.05, 0.1) is 4.92 Å². The van der Waals surface area contributed by atoms with Gasteiger partial charge in [-0.15, -0.1) is 11.8 Å². The van der Waals surface area contributed by atoms with Gasteiger partial charge >= 0.3 is 0 Å². The van der Waals surface area contributed by atoms with Crippen LogP contribution in [0.5, 0.6) is 0 Å². The fraction of sp³-hybridized carbons (Fsp3) is 0.235. The molecule has 6 nitrogen and oxygen atoms in total. The van der Waals surface area contributed by atoms with Gasteiger partial charge in [-0.05, 0) is 36.4 Å². The van der Waals surface area contributed by atoms with E-state index in [1.165, 1.54) is 12.1 Å². The van der Waals surface area contributed by atoms with Crippen molar-refractivity contribution < 1.29 is 9.72 Å². The van der Waals surface area contributed by atoms with E-state index < -0.39 is 4.92 Å². The summed E-state index contributed by atoms with van der Waals surface area (Å²) >= 11 is 5.03. The summed E-state index contributed by atoms with van der Waals surface area (Å²) in [7, 11) is 0. The van der Waals surface area contributed by atoms with Gasteiger partial charge in [0.25, 0.3) is 5.69 Å². The molecule has 0 aromatic heterocycles. The van der Waals surface area contributed by atoms with Gasteiger partial charge < -0.3 is 10.6 Å². The number of anilines is 1. The maximum Gasteiger partial charge on any atom is 0.269 e. The zero-order chi connectivity index (χ0) is 18.1. The summed E-state index contributed by atoms with van der Waals surface area (Å²) in [6, 6.07) is 14.2. The minimum Gasteiger partial charge on any atom is -0.383 e. The molecular formula is C17H18BrN3O3S. The van der Waals surface area contributed by atoms with Crippen molar-refractivity contribution in [2.24, 2.45) is 0 Å². The summed E-state index contributed by atoms with van der Waals surface area (Å²) in [5.41, 5.74) is 0.841. The molecule has 25 heavy (non-hydrogen) atoms. The average Bonchev–Trinajstić information content (AvgIpc) is 2.61. The number of benzene rings is 2. The minimum absolute atomic E-state index is 0.00936. The lowest BCUT2D eigenvalue weighted by Gasteiger charge is -2.08. The summed E-state index contributed by atoms with van der Waals surface area (Å²) in [6.45, 7) is 1.06. The Kier molecular flexibility index (Phi) is 7.75.